The van der Waals surface area contributed by atoms with Gasteiger partial charge in [0.1, 0.15) is 0 Å². The molecule has 0 aromatic heterocycles. The van der Waals surface area contributed by atoms with E-state index in [1.807, 2.05) is 0 Å². The third-order valence-corrected chi connectivity index (χ3v) is 3.99. The van der Waals surface area contributed by atoms with E-state index in [4.69, 9.17) is 5.73 Å². The molecule has 0 radical (unpaired) electrons. The van der Waals surface area contributed by atoms with Gasteiger partial charge in [0.05, 0.1) is 0 Å². The predicted molar refractivity (Wildman–Crippen MR) is 75.7 cm³/mol. The third kappa shape index (κ3) is 2.85. The van der Waals surface area contributed by atoms with E-state index in [-0.39, 0.29) is 6.04 Å². The molecule has 2 rings (SSSR count). The highest BCUT2D eigenvalue weighted by atomic mass is 16.3. The number of para-hydroxylation sites is 1. The first-order valence-corrected chi connectivity index (χ1v) is 6.96. The zero-order valence-corrected chi connectivity index (χ0v) is 11.2. The first kappa shape index (κ1) is 13.4. The van der Waals surface area contributed by atoms with Crippen molar-refractivity contribution in [1.29, 1.82) is 0 Å². The molecule has 3 heteroatoms. The lowest BCUT2D eigenvalue weighted by Crippen LogP contribution is -2.35. The number of nitrogens with two attached hydrogens (primary N) is 1. The molecule has 1 atom stereocenters. The second-order valence-electron chi connectivity index (χ2n) is 5.19. The summed E-state index contributed by atoms with van der Waals surface area (Å²) in [6.07, 6.45) is 3.11. The number of benzene rings is 1. The Hall–Kier alpha value is -1.06. The van der Waals surface area contributed by atoms with Gasteiger partial charge in [0, 0.05) is 31.4 Å². The van der Waals surface area contributed by atoms with Crippen molar-refractivity contribution in [3.63, 3.8) is 0 Å². The maximum absolute atomic E-state index is 9.19. The van der Waals surface area contributed by atoms with Crippen LogP contribution in [0.1, 0.15) is 37.8 Å². The Morgan fingerprint density at radius 1 is 1.33 bits per heavy atom. The Bertz CT molecular complexity index is 373. The van der Waals surface area contributed by atoms with Crippen molar-refractivity contribution in [2.24, 2.45) is 11.7 Å². The van der Waals surface area contributed by atoms with E-state index in [2.05, 4.69) is 36.1 Å². The third-order valence-electron chi connectivity index (χ3n) is 3.99. The Balaban J connectivity index is 2.13. The highest BCUT2D eigenvalue weighted by Crippen LogP contribution is 2.30. The largest absolute Gasteiger partial charge is 0.396 e. The Labute approximate surface area is 110 Å². The summed E-state index contributed by atoms with van der Waals surface area (Å²) in [7, 11) is 0. The molecule has 3 N–H and O–H groups in total. The summed E-state index contributed by atoms with van der Waals surface area (Å²) in [4.78, 5) is 2.41. The van der Waals surface area contributed by atoms with Crippen molar-refractivity contribution in [3.8, 4) is 0 Å². The van der Waals surface area contributed by atoms with Gasteiger partial charge in [0.25, 0.3) is 0 Å². The van der Waals surface area contributed by atoms with E-state index in [0.717, 1.165) is 32.4 Å². The van der Waals surface area contributed by atoms with E-state index < -0.39 is 0 Å². The maximum atomic E-state index is 9.19. The van der Waals surface area contributed by atoms with E-state index in [1.54, 1.807) is 0 Å². The van der Waals surface area contributed by atoms with Gasteiger partial charge in [-0.1, -0.05) is 25.1 Å². The first-order chi connectivity index (χ1) is 8.76. The van der Waals surface area contributed by atoms with Crippen LogP contribution < -0.4 is 10.6 Å². The fraction of sp³-hybridized carbons (Fsp3) is 0.600. The van der Waals surface area contributed by atoms with Crippen LogP contribution in [-0.4, -0.2) is 24.8 Å². The topological polar surface area (TPSA) is 49.5 Å². The Kier molecular flexibility index (Phi) is 4.61. The molecule has 0 saturated carbocycles. The van der Waals surface area contributed by atoms with Gasteiger partial charge in [-0.15, -0.1) is 0 Å². The van der Waals surface area contributed by atoms with Crippen LogP contribution in [0.25, 0.3) is 0 Å². The maximum Gasteiger partial charge on any atom is 0.0460 e. The number of aliphatic hydroxyl groups is 1. The normalized spacial score (nSPS) is 18.9. The molecule has 1 aliphatic heterocycles. The smallest absolute Gasteiger partial charge is 0.0460 e. The van der Waals surface area contributed by atoms with E-state index in [1.165, 1.54) is 11.3 Å². The summed E-state index contributed by atoms with van der Waals surface area (Å²) in [6, 6.07) is 8.58. The molecule has 1 saturated heterocycles. The number of piperidine rings is 1. The molecule has 0 spiro atoms. The zero-order valence-electron chi connectivity index (χ0n) is 11.2. The fourth-order valence-electron chi connectivity index (χ4n) is 2.67. The van der Waals surface area contributed by atoms with Crippen LogP contribution in [-0.2, 0) is 0 Å². The lowest BCUT2D eigenvalue weighted by Gasteiger charge is -2.34. The minimum Gasteiger partial charge on any atom is -0.396 e. The van der Waals surface area contributed by atoms with Crippen molar-refractivity contribution in [2.45, 2.75) is 32.2 Å². The molecule has 1 fully saturated rings. The average molecular weight is 248 g/mol. The van der Waals surface area contributed by atoms with Crippen molar-refractivity contribution in [2.75, 3.05) is 24.6 Å². The average Bonchev–Trinajstić information content (AvgIpc) is 2.46. The van der Waals surface area contributed by atoms with Gasteiger partial charge in [-0.05, 0) is 36.8 Å². The lowest BCUT2D eigenvalue weighted by atomic mass is 9.95. The first-order valence-electron chi connectivity index (χ1n) is 6.96. The summed E-state index contributed by atoms with van der Waals surface area (Å²) in [6.45, 7) is 4.50. The monoisotopic (exact) mass is 248 g/mol. The van der Waals surface area contributed by atoms with Gasteiger partial charge in [-0.25, -0.2) is 0 Å². The second kappa shape index (κ2) is 6.21. The van der Waals surface area contributed by atoms with Crippen molar-refractivity contribution in [1.82, 2.24) is 0 Å². The molecular formula is C15H24N2O. The molecule has 100 valence electrons. The highest BCUT2D eigenvalue weighted by Gasteiger charge is 2.21. The van der Waals surface area contributed by atoms with Crippen molar-refractivity contribution in [3.05, 3.63) is 29.8 Å². The number of anilines is 1. The molecule has 3 nitrogen and oxygen atoms in total. The van der Waals surface area contributed by atoms with Crippen LogP contribution in [0.4, 0.5) is 5.69 Å². The number of aliphatic hydroxyl groups excluding tert-OH is 1. The number of hydrogen-bond donors (Lipinski definition) is 2. The van der Waals surface area contributed by atoms with Crippen LogP contribution in [0.15, 0.2) is 24.3 Å². The molecule has 0 aliphatic carbocycles. The summed E-state index contributed by atoms with van der Waals surface area (Å²) in [5.41, 5.74) is 8.72. The highest BCUT2D eigenvalue weighted by molar-refractivity contribution is 5.55. The predicted octanol–water partition coefficient (Wildman–Crippen LogP) is 2.31. The van der Waals surface area contributed by atoms with Gasteiger partial charge in [0.15, 0.2) is 0 Å². The lowest BCUT2D eigenvalue weighted by molar-refractivity contribution is 0.203. The SMILES string of the molecule is CCC(N)c1ccccc1N1CCC(CO)CC1. The number of rotatable bonds is 4. The molecular weight excluding hydrogens is 224 g/mol. The summed E-state index contributed by atoms with van der Waals surface area (Å²) in [5.74, 6) is 0.480. The van der Waals surface area contributed by atoms with Crippen LogP contribution >= 0.6 is 0 Å². The van der Waals surface area contributed by atoms with Gasteiger partial charge in [0.2, 0.25) is 0 Å². The summed E-state index contributed by atoms with van der Waals surface area (Å²) >= 11 is 0. The molecule has 1 aromatic carbocycles. The van der Waals surface area contributed by atoms with Crippen LogP contribution in [0.2, 0.25) is 0 Å². The Morgan fingerprint density at radius 3 is 2.61 bits per heavy atom. The van der Waals surface area contributed by atoms with Gasteiger partial charge < -0.3 is 15.7 Å². The molecule has 18 heavy (non-hydrogen) atoms. The van der Waals surface area contributed by atoms with Gasteiger partial charge in [-0.3, -0.25) is 0 Å². The minimum absolute atomic E-state index is 0.122. The molecule has 1 unspecified atom stereocenters. The Morgan fingerprint density at radius 2 is 2.00 bits per heavy atom. The number of nitrogens with zero attached hydrogens (tertiary/aromatic N) is 1. The van der Waals surface area contributed by atoms with Gasteiger partial charge in [-0.2, -0.15) is 0 Å². The quantitative estimate of drug-likeness (QED) is 0.859. The van der Waals surface area contributed by atoms with Crippen LogP contribution in [0, 0.1) is 5.92 Å². The molecule has 0 bridgehead atoms. The van der Waals surface area contributed by atoms with E-state index >= 15 is 0 Å². The molecule has 0 amide bonds. The van der Waals surface area contributed by atoms with Crippen molar-refractivity contribution < 1.29 is 5.11 Å². The van der Waals surface area contributed by atoms with Crippen LogP contribution in [0.5, 0.6) is 0 Å². The number of hydrogen-bond acceptors (Lipinski definition) is 3. The molecule has 1 aromatic rings. The fourth-order valence-corrected chi connectivity index (χ4v) is 2.67. The van der Waals surface area contributed by atoms with E-state index in [0.29, 0.717) is 12.5 Å². The minimum atomic E-state index is 0.122. The zero-order chi connectivity index (χ0) is 13.0. The molecule has 1 aliphatic rings. The van der Waals surface area contributed by atoms with E-state index in [9.17, 15) is 5.11 Å². The van der Waals surface area contributed by atoms with Crippen molar-refractivity contribution >= 4 is 5.69 Å². The standard InChI is InChI=1S/C15H24N2O/c1-2-14(16)13-5-3-4-6-15(13)17-9-7-12(11-18)8-10-17/h3-6,12,14,18H,2,7-11,16H2,1H3. The molecule has 1 heterocycles. The summed E-state index contributed by atoms with van der Waals surface area (Å²) < 4.78 is 0. The van der Waals surface area contributed by atoms with Crippen LogP contribution in [0.3, 0.4) is 0 Å². The second-order valence-corrected chi connectivity index (χ2v) is 5.19. The van der Waals surface area contributed by atoms with Gasteiger partial charge >= 0.3 is 0 Å². The summed E-state index contributed by atoms with van der Waals surface area (Å²) in [5, 5.41) is 9.19.